The number of terminal acetylenes is 1. The second kappa shape index (κ2) is 7.37. The van der Waals surface area contributed by atoms with Crippen LogP contribution in [-0.4, -0.2) is 23.4 Å². The first kappa shape index (κ1) is 16.3. The van der Waals surface area contributed by atoms with Gasteiger partial charge in [0.25, 0.3) is 5.91 Å². The predicted molar refractivity (Wildman–Crippen MR) is 94.3 cm³/mol. The summed E-state index contributed by atoms with van der Waals surface area (Å²) in [4.78, 5) is 25.7. The number of amides is 3. The molecule has 1 aliphatic heterocycles. The lowest BCUT2D eigenvalue weighted by Crippen LogP contribution is -2.30. The average molecular weight is 332 g/mol. The van der Waals surface area contributed by atoms with E-state index in [-0.39, 0.29) is 24.8 Å². The van der Waals surface area contributed by atoms with E-state index in [1.54, 1.807) is 30.3 Å². The Morgan fingerprint density at radius 1 is 1.08 bits per heavy atom. The van der Waals surface area contributed by atoms with Gasteiger partial charge in [-0.2, -0.15) is 0 Å². The van der Waals surface area contributed by atoms with Gasteiger partial charge in [0.2, 0.25) is 0 Å². The van der Waals surface area contributed by atoms with Gasteiger partial charge < -0.3 is 10.1 Å². The number of hydrogen-bond acceptors (Lipinski definition) is 3. The minimum atomic E-state index is -0.422. The van der Waals surface area contributed by atoms with E-state index in [1.165, 1.54) is 4.90 Å². The van der Waals surface area contributed by atoms with Crippen LogP contribution >= 0.6 is 0 Å². The number of imide groups is 1. The lowest BCUT2D eigenvalue weighted by atomic mass is 10.1. The number of rotatable bonds is 5. The molecule has 5 nitrogen and oxygen atoms in total. The maximum absolute atomic E-state index is 12.5. The van der Waals surface area contributed by atoms with Gasteiger partial charge in [-0.3, -0.25) is 9.69 Å². The van der Waals surface area contributed by atoms with Crippen LogP contribution in [0.3, 0.4) is 0 Å². The van der Waals surface area contributed by atoms with Crippen LogP contribution in [0, 0.1) is 12.3 Å². The topological polar surface area (TPSA) is 58.6 Å². The molecule has 0 saturated carbocycles. The van der Waals surface area contributed by atoms with Gasteiger partial charge in [-0.05, 0) is 29.3 Å². The number of hydrogen-bond donors (Lipinski definition) is 1. The van der Waals surface area contributed by atoms with E-state index in [1.807, 2.05) is 30.3 Å². The zero-order valence-corrected chi connectivity index (χ0v) is 13.4. The fourth-order valence-corrected chi connectivity index (χ4v) is 2.43. The highest BCUT2D eigenvalue weighted by Gasteiger charge is 2.33. The summed E-state index contributed by atoms with van der Waals surface area (Å²) in [5.74, 6) is 2.69. The van der Waals surface area contributed by atoms with Crippen LogP contribution in [0.15, 0.2) is 60.3 Å². The molecule has 0 spiro atoms. The van der Waals surface area contributed by atoms with Crippen molar-refractivity contribution in [3.8, 4) is 18.1 Å². The van der Waals surface area contributed by atoms with E-state index in [9.17, 15) is 9.59 Å². The molecule has 0 aliphatic carbocycles. The monoisotopic (exact) mass is 332 g/mol. The van der Waals surface area contributed by atoms with Crippen molar-refractivity contribution in [1.29, 1.82) is 0 Å². The van der Waals surface area contributed by atoms with Crippen molar-refractivity contribution in [2.75, 3.05) is 6.61 Å². The molecule has 1 fully saturated rings. The molecule has 1 N–H and O–H groups in total. The van der Waals surface area contributed by atoms with Crippen molar-refractivity contribution in [2.24, 2.45) is 0 Å². The highest BCUT2D eigenvalue weighted by atomic mass is 16.5. The third kappa shape index (κ3) is 3.88. The number of nitrogens with zero attached hydrogens (tertiary/aromatic N) is 1. The van der Waals surface area contributed by atoms with Crippen molar-refractivity contribution < 1.29 is 14.3 Å². The quantitative estimate of drug-likeness (QED) is 0.520. The zero-order valence-electron chi connectivity index (χ0n) is 13.4. The summed E-state index contributed by atoms with van der Waals surface area (Å²) in [7, 11) is 0. The second-order valence-corrected chi connectivity index (χ2v) is 5.43. The van der Waals surface area contributed by atoms with Crippen LogP contribution < -0.4 is 10.1 Å². The standard InChI is InChI=1S/C20H16N2O3/c1-2-12-25-17-10-8-15(9-11-17)13-18-19(23)22(20(24)21-18)14-16-6-4-3-5-7-16/h1,3-11,13H,12,14H2,(H,21,24)/b18-13+. The number of carbonyl (C=O) groups is 2. The Morgan fingerprint density at radius 2 is 1.80 bits per heavy atom. The van der Waals surface area contributed by atoms with Crippen molar-refractivity contribution in [3.05, 3.63) is 71.4 Å². The van der Waals surface area contributed by atoms with Crippen LogP contribution in [0.2, 0.25) is 0 Å². The molecule has 25 heavy (non-hydrogen) atoms. The van der Waals surface area contributed by atoms with Crippen LogP contribution in [-0.2, 0) is 11.3 Å². The molecule has 0 unspecified atom stereocenters. The predicted octanol–water partition coefficient (Wildman–Crippen LogP) is 2.79. The molecule has 1 saturated heterocycles. The molecule has 124 valence electrons. The van der Waals surface area contributed by atoms with Gasteiger partial charge >= 0.3 is 6.03 Å². The summed E-state index contributed by atoms with van der Waals surface area (Å²) < 4.78 is 5.30. The Labute approximate surface area is 145 Å². The molecule has 2 aromatic carbocycles. The zero-order chi connectivity index (χ0) is 17.6. The van der Waals surface area contributed by atoms with Crippen LogP contribution in [0.4, 0.5) is 4.79 Å². The molecule has 5 heteroatoms. The lowest BCUT2D eigenvalue weighted by Gasteiger charge is -2.11. The van der Waals surface area contributed by atoms with E-state index in [0.717, 1.165) is 11.1 Å². The summed E-state index contributed by atoms with van der Waals surface area (Å²) in [5, 5.41) is 2.61. The highest BCUT2D eigenvalue weighted by molar-refractivity contribution is 6.13. The number of nitrogens with one attached hydrogen (secondary N) is 1. The molecule has 3 rings (SSSR count). The SMILES string of the molecule is C#CCOc1ccc(/C=C2/NC(=O)N(Cc3ccccc3)C2=O)cc1. The summed E-state index contributed by atoms with van der Waals surface area (Å²) in [5.41, 5.74) is 1.92. The largest absolute Gasteiger partial charge is 0.481 e. The smallest absolute Gasteiger partial charge is 0.329 e. The second-order valence-electron chi connectivity index (χ2n) is 5.43. The van der Waals surface area contributed by atoms with Crippen molar-refractivity contribution >= 4 is 18.0 Å². The van der Waals surface area contributed by atoms with Gasteiger partial charge in [-0.1, -0.05) is 48.4 Å². The Hall–Kier alpha value is -3.52. The van der Waals surface area contributed by atoms with Gasteiger partial charge in [-0.25, -0.2) is 4.79 Å². The first-order valence-electron chi connectivity index (χ1n) is 7.72. The summed E-state index contributed by atoms with van der Waals surface area (Å²) in [6.45, 7) is 0.436. The molecule has 2 aromatic rings. The fourth-order valence-electron chi connectivity index (χ4n) is 2.43. The van der Waals surface area contributed by atoms with E-state index in [2.05, 4.69) is 11.2 Å². The molecular formula is C20H16N2O3. The molecule has 1 aliphatic rings. The van der Waals surface area contributed by atoms with Crippen LogP contribution in [0.25, 0.3) is 6.08 Å². The summed E-state index contributed by atoms with van der Waals surface area (Å²) >= 11 is 0. The third-order valence-electron chi connectivity index (χ3n) is 3.66. The molecule has 0 aromatic heterocycles. The van der Waals surface area contributed by atoms with E-state index in [4.69, 9.17) is 11.2 Å². The molecular weight excluding hydrogens is 316 g/mol. The number of carbonyl (C=O) groups excluding carboxylic acids is 2. The van der Waals surface area contributed by atoms with Gasteiger partial charge in [0.05, 0.1) is 6.54 Å². The van der Waals surface area contributed by atoms with E-state index < -0.39 is 6.03 Å². The number of ether oxygens (including phenoxy) is 1. The lowest BCUT2D eigenvalue weighted by molar-refractivity contribution is -0.123. The van der Waals surface area contributed by atoms with Gasteiger partial charge in [0, 0.05) is 0 Å². The molecule has 0 atom stereocenters. The third-order valence-corrected chi connectivity index (χ3v) is 3.66. The molecule has 0 radical (unpaired) electrons. The highest BCUT2D eigenvalue weighted by Crippen LogP contribution is 2.18. The molecule has 0 bridgehead atoms. The van der Waals surface area contributed by atoms with Crippen molar-refractivity contribution in [2.45, 2.75) is 6.54 Å². The fraction of sp³-hybridized carbons (Fsp3) is 0.100. The first-order chi connectivity index (χ1) is 12.2. The number of benzene rings is 2. The van der Waals surface area contributed by atoms with Crippen molar-refractivity contribution in [1.82, 2.24) is 10.2 Å². The van der Waals surface area contributed by atoms with Gasteiger partial charge in [-0.15, -0.1) is 6.42 Å². The number of urea groups is 1. The summed E-state index contributed by atoms with van der Waals surface area (Å²) in [6, 6.07) is 16.0. The Balaban J connectivity index is 1.73. The minimum absolute atomic E-state index is 0.198. The normalized spacial score (nSPS) is 15.2. The van der Waals surface area contributed by atoms with Crippen LogP contribution in [0.1, 0.15) is 11.1 Å². The Bertz CT molecular complexity index is 849. The van der Waals surface area contributed by atoms with Gasteiger partial charge in [0.15, 0.2) is 0 Å². The van der Waals surface area contributed by atoms with Crippen molar-refractivity contribution in [3.63, 3.8) is 0 Å². The maximum Gasteiger partial charge on any atom is 0.329 e. The average Bonchev–Trinajstić information content (AvgIpc) is 2.89. The Morgan fingerprint density at radius 3 is 2.48 bits per heavy atom. The van der Waals surface area contributed by atoms with E-state index in [0.29, 0.717) is 5.75 Å². The summed E-state index contributed by atoms with van der Waals surface area (Å²) in [6.07, 6.45) is 6.78. The maximum atomic E-state index is 12.5. The van der Waals surface area contributed by atoms with E-state index >= 15 is 0 Å². The first-order valence-corrected chi connectivity index (χ1v) is 7.72. The van der Waals surface area contributed by atoms with Gasteiger partial charge in [0.1, 0.15) is 18.1 Å². The molecule has 1 heterocycles. The Kier molecular flexibility index (Phi) is 4.82. The van der Waals surface area contributed by atoms with Crippen LogP contribution in [0.5, 0.6) is 5.75 Å². The molecule has 3 amide bonds. The minimum Gasteiger partial charge on any atom is -0.481 e.